The summed E-state index contributed by atoms with van der Waals surface area (Å²) in [6.07, 6.45) is 0. The fourth-order valence-corrected chi connectivity index (χ4v) is 2.31. The van der Waals surface area contributed by atoms with Gasteiger partial charge in [0.25, 0.3) is 0 Å². The molecule has 0 bridgehead atoms. The third-order valence-electron chi connectivity index (χ3n) is 3.51. The van der Waals surface area contributed by atoms with Gasteiger partial charge in [0.1, 0.15) is 5.75 Å². The number of aryl methyl sites for hydroxylation is 1. The zero-order valence-corrected chi connectivity index (χ0v) is 14.9. The van der Waals surface area contributed by atoms with E-state index in [4.69, 9.17) is 16.3 Å². The van der Waals surface area contributed by atoms with E-state index in [-0.39, 0.29) is 12.5 Å². The zero-order chi connectivity index (χ0) is 18.4. The summed E-state index contributed by atoms with van der Waals surface area (Å²) in [6, 6.07) is 9.96. The molecule has 0 aliphatic heterocycles. The van der Waals surface area contributed by atoms with E-state index in [2.05, 4.69) is 15.4 Å². The average molecular weight is 363 g/mol. The first-order valence-electron chi connectivity index (χ1n) is 7.51. The molecule has 2 aromatic rings. The summed E-state index contributed by atoms with van der Waals surface area (Å²) in [4.78, 5) is 23.5. The topological polar surface area (TPSA) is 76.7 Å². The van der Waals surface area contributed by atoms with Crippen LogP contribution in [0.2, 0.25) is 5.02 Å². The second-order valence-corrected chi connectivity index (χ2v) is 5.68. The number of nitrogens with one attached hydrogen (secondary N) is 2. The Hall–Kier alpha value is -2.73. The molecule has 1 amide bonds. The summed E-state index contributed by atoms with van der Waals surface area (Å²) in [6.45, 7) is 1.92. The van der Waals surface area contributed by atoms with Gasteiger partial charge in [0.05, 0.1) is 32.0 Å². The van der Waals surface area contributed by atoms with Crippen LogP contribution in [0.3, 0.4) is 0 Å². The number of amides is 1. The van der Waals surface area contributed by atoms with E-state index in [0.717, 1.165) is 5.56 Å². The number of hydrogen-bond donors (Lipinski definition) is 2. The molecule has 0 heterocycles. The fraction of sp³-hybridized carbons (Fsp3) is 0.222. The molecule has 132 valence electrons. The van der Waals surface area contributed by atoms with Gasteiger partial charge < -0.3 is 20.1 Å². The van der Waals surface area contributed by atoms with Crippen molar-refractivity contribution in [3.8, 4) is 5.75 Å². The summed E-state index contributed by atoms with van der Waals surface area (Å²) in [5.41, 5.74) is 2.56. The molecule has 2 N–H and O–H groups in total. The van der Waals surface area contributed by atoms with E-state index in [1.165, 1.54) is 14.2 Å². The van der Waals surface area contributed by atoms with Crippen LogP contribution in [-0.2, 0) is 9.53 Å². The molecule has 0 radical (unpaired) electrons. The van der Waals surface area contributed by atoms with Crippen molar-refractivity contribution in [3.63, 3.8) is 0 Å². The highest BCUT2D eigenvalue weighted by atomic mass is 35.5. The first-order chi connectivity index (χ1) is 11.9. The van der Waals surface area contributed by atoms with Crippen LogP contribution in [0.25, 0.3) is 0 Å². The molecule has 25 heavy (non-hydrogen) atoms. The lowest BCUT2D eigenvalue weighted by Crippen LogP contribution is -2.22. The minimum Gasteiger partial charge on any atom is -0.495 e. The first-order valence-corrected chi connectivity index (χ1v) is 7.88. The summed E-state index contributed by atoms with van der Waals surface area (Å²) in [5, 5.41) is 6.36. The molecule has 7 heteroatoms. The Morgan fingerprint density at radius 1 is 1.12 bits per heavy atom. The van der Waals surface area contributed by atoms with Crippen molar-refractivity contribution < 1.29 is 19.1 Å². The van der Waals surface area contributed by atoms with Gasteiger partial charge in [-0.25, -0.2) is 4.79 Å². The predicted octanol–water partition coefficient (Wildman–Crippen LogP) is 3.49. The largest absolute Gasteiger partial charge is 0.495 e. The van der Waals surface area contributed by atoms with Gasteiger partial charge in [-0.05, 0) is 42.8 Å². The molecule has 0 spiro atoms. The highest BCUT2D eigenvalue weighted by molar-refractivity contribution is 6.31. The number of anilines is 2. The van der Waals surface area contributed by atoms with Crippen molar-refractivity contribution in [2.75, 3.05) is 31.4 Å². The monoisotopic (exact) mass is 362 g/mol. The second-order valence-electron chi connectivity index (χ2n) is 5.27. The summed E-state index contributed by atoms with van der Waals surface area (Å²) in [5.74, 6) is -0.101. The highest BCUT2D eigenvalue weighted by Crippen LogP contribution is 2.30. The molecule has 6 nitrogen and oxygen atoms in total. The van der Waals surface area contributed by atoms with Crippen molar-refractivity contribution in [2.45, 2.75) is 6.92 Å². The Balaban J connectivity index is 1.97. The number of hydrogen-bond acceptors (Lipinski definition) is 5. The molecule has 2 rings (SSSR count). The van der Waals surface area contributed by atoms with Gasteiger partial charge in [0.2, 0.25) is 5.91 Å². The van der Waals surface area contributed by atoms with E-state index in [1.807, 2.05) is 13.0 Å². The minimum absolute atomic E-state index is 0.0518. The van der Waals surface area contributed by atoms with Crippen molar-refractivity contribution in [3.05, 3.63) is 52.5 Å². The summed E-state index contributed by atoms with van der Waals surface area (Å²) >= 11 is 6.06. The summed E-state index contributed by atoms with van der Waals surface area (Å²) < 4.78 is 9.88. The number of methoxy groups -OCH3 is 2. The van der Waals surface area contributed by atoms with Gasteiger partial charge in [0.15, 0.2) is 0 Å². The fourth-order valence-electron chi connectivity index (χ4n) is 2.16. The van der Waals surface area contributed by atoms with Crippen LogP contribution >= 0.6 is 11.6 Å². The van der Waals surface area contributed by atoms with Gasteiger partial charge >= 0.3 is 5.97 Å². The van der Waals surface area contributed by atoms with Gasteiger partial charge in [-0.15, -0.1) is 0 Å². The van der Waals surface area contributed by atoms with E-state index in [9.17, 15) is 9.59 Å². The van der Waals surface area contributed by atoms with E-state index in [1.54, 1.807) is 30.3 Å². The standard InChI is InChI=1S/C18H19ClN2O4/c1-11-8-15(16(24-2)9-14(11)19)20-10-17(22)21-13-6-4-12(5-7-13)18(23)25-3/h4-9,20H,10H2,1-3H3,(H,21,22). The van der Waals surface area contributed by atoms with Crippen molar-refractivity contribution in [1.82, 2.24) is 0 Å². The van der Waals surface area contributed by atoms with Crippen molar-refractivity contribution >= 4 is 34.9 Å². The average Bonchev–Trinajstić information content (AvgIpc) is 2.62. The minimum atomic E-state index is -0.426. The van der Waals surface area contributed by atoms with Crippen molar-refractivity contribution in [1.29, 1.82) is 0 Å². The maximum absolute atomic E-state index is 12.1. The van der Waals surface area contributed by atoms with Gasteiger partial charge in [-0.1, -0.05) is 11.6 Å². The molecule has 0 aliphatic rings. The van der Waals surface area contributed by atoms with E-state index < -0.39 is 5.97 Å². The highest BCUT2D eigenvalue weighted by Gasteiger charge is 2.10. The first kappa shape index (κ1) is 18.6. The Kier molecular flexibility index (Phi) is 6.25. The van der Waals surface area contributed by atoms with Crippen LogP contribution < -0.4 is 15.4 Å². The molecular weight excluding hydrogens is 344 g/mol. The Bertz CT molecular complexity index is 775. The van der Waals surface area contributed by atoms with Gasteiger partial charge in [-0.3, -0.25) is 4.79 Å². The second kappa shape index (κ2) is 8.39. The molecule has 0 saturated heterocycles. The molecule has 0 atom stereocenters. The smallest absolute Gasteiger partial charge is 0.337 e. The molecule has 2 aromatic carbocycles. The van der Waals surface area contributed by atoms with Crippen molar-refractivity contribution in [2.24, 2.45) is 0 Å². The number of benzene rings is 2. The van der Waals surface area contributed by atoms with Gasteiger partial charge in [-0.2, -0.15) is 0 Å². The van der Waals surface area contributed by atoms with Crippen LogP contribution in [0.4, 0.5) is 11.4 Å². The molecule has 0 unspecified atom stereocenters. The molecule has 0 aliphatic carbocycles. The Morgan fingerprint density at radius 2 is 1.80 bits per heavy atom. The number of ether oxygens (including phenoxy) is 2. The number of rotatable bonds is 6. The molecule has 0 aromatic heterocycles. The lowest BCUT2D eigenvalue weighted by atomic mass is 10.2. The number of carbonyl (C=O) groups excluding carboxylic acids is 2. The van der Waals surface area contributed by atoms with E-state index >= 15 is 0 Å². The lowest BCUT2D eigenvalue weighted by molar-refractivity contribution is -0.114. The maximum atomic E-state index is 12.1. The number of esters is 1. The summed E-state index contributed by atoms with van der Waals surface area (Å²) in [7, 11) is 2.85. The third kappa shape index (κ3) is 4.87. The van der Waals surface area contributed by atoms with Gasteiger partial charge in [0, 0.05) is 16.8 Å². The SMILES string of the molecule is COC(=O)c1ccc(NC(=O)CNc2cc(C)c(Cl)cc2OC)cc1. The Labute approximate surface area is 151 Å². The third-order valence-corrected chi connectivity index (χ3v) is 3.92. The van der Waals surface area contributed by atoms with Crippen LogP contribution in [0.5, 0.6) is 5.75 Å². The number of halogens is 1. The molecular formula is C18H19ClN2O4. The predicted molar refractivity (Wildman–Crippen MR) is 97.6 cm³/mol. The maximum Gasteiger partial charge on any atom is 0.337 e. The molecule has 0 saturated carbocycles. The van der Waals surface area contributed by atoms with E-state index in [0.29, 0.717) is 27.7 Å². The Morgan fingerprint density at radius 3 is 2.40 bits per heavy atom. The lowest BCUT2D eigenvalue weighted by Gasteiger charge is -2.13. The quantitative estimate of drug-likeness (QED) is 0.769. The van der Waals surface area contributed by atoms with Crippen LogP contribution in [-0.4, -0.2) is 32.6 Å². The van der Waals surface area contributed by atoms with Crippen LogP contribution in [0.1, 0.15) is 15.9 Å². The normalized spacial score (nSPS) is 10.1. The zero-order valence-electron chi connectivity index (χ0n) is 14.2. The van der Waals surface area contributed by atoms with Crippen LogP contribution in [0.15, 0.2) is 36.4 Å². The van der Waals surface area contributed by atoms with Crippen LogP contribution in [0, 0.1) is 6.92 Å². The number of carbonyl (C=O) groups is 2. The molecule has 0 fully saturated rings.